The summed E-state index contributed by atoms with van der Waals surface area (Å²) in [5.74, 6) is 0.443. The number of hydrogen-bond acceptors (Lipinski definition) is 5. The summed E-state index contributed by atoms with van der Waals surface area (Å²) in [5.41, 5.74) is 1.69. The Hall–Kier alpha value is -2.03. The van der Waals surface area contributed by atoms with Gasteiger partial charge in [-0.15, -0.1) is 11.8 Å². The highest BCUT2D eigenvalue weighted by atomic mass is 32.2. The Kier molecular flexibility index (Phi) is 7.70. The molecule has 0 bridgehead atoms. The number of ether oxygens (including phenoxy) is 1. The molecular formula is C19H24N2O4S2. The molecule has 0 radical (unpaired) electrons. The summed E-state index contributed by atoms with van der Waals surface area (Å²) in [4.78, 5) is 12.2. The Morgan fingerprint density at radius 3 is 2.44 bits per heavy atom. The van der Waals surface area contributed by atoms with Crippen molar-refractivity contribution in [1.82, 2.24) is 4.72 Å². The van der Waals surface area contributed by atoms with E-state index in [1.54, 1.807) is 6.07 Å². The first-order chi connectivity index (χ1) is 12.9. The van der Waals surface area contributed by atoms with Gasteiger partial charge in [-0.25, -0.2) is 13.1 Å². The molecule has 6 nitrogen and oxygen atoms in total. The van der Waals surface area contributed by atoms with Crippen LogP contribution in [0.4, 0.5) is 5.69 Å². The standard InChI is InChI=1S/C19H24N2O4S2/c1-4-15-5-7-16(8-6-15)25-12-11-20-27(23,24)17-9-10-19(26-3)18(13-17)21-14(2)22/h5-10,13,20H,4,11-12H2,1-3H3,(H,21,22). The Bertz CT molecular complexity index is 881. The number of rotatable bonds is 9. The second-order valence-electron chi connectivity index (χ2n) is 5.79. The first kappa shape index (κ1) is 21.3. The average Bonchev–Trinajstić information content (AvgIpc) is 2.65. The molecular weight excluding hydrogens is 384 g/mol. The highest BCUT2D eigenvalue weighted by Gasteiger charge is 2.16. The fraction of sp³-hybridized carbons (Fsp3) is 0.316. The van der Waals surface area contributed by atoms with Crippen molar-refractivity contribution in [1.29, 1.82) is 0 Å². The molecule has 0 aliphatic heterocycles. The van der Waals surface area contributed by atoms with E-state index < -0.39 is 10.0 Å². The highest BCUT2D eigenvalue weighted by Crippen LogP contribution is 2.28. The molecule has 8 heteroatoms. The van der Waals surface area contributed by atoms with Crippen molar-refractivity contribution in [2.45, 2.75) is 30.1 Å². The van der Waals surface area contributed by atoms with Crippen LogP contribution in [0.2, 0.25) is 0 Å². The van der Waals surface area contributed by atoms with Crippen molar-refractivity contribution in [3.8, 4) is 5.75 Å². The number of hydrogen-bond donors (Lipinski definition) is 2. The summed E-state index contributed by atoms with van der Waals surface area (Å²) >= 11 is 1.43. The third kappa shape index (κ3) is 6.27. The highest BCUT2D eigenvalue weighted by molar-refractivity contribution is 7.98. The first-order valence-corrected chi connectivity index (χ1v) is 11.2. The number of nitrogens with one attached hydrogen (secondary N) is 2. The van der Waals surface area contributed by atoms with E-state index in [-0.39, 0.29) is 24.0 Å². The molecule has 0 saturated heterocycles. The largest absolute Gasteiger partial charge is 0.492 e. The quantitative estimate of drug-likeness (QED) is 0.491. The van der Waals surface area contributed by atoms with Gasteiger partial charge >= 0.3 is 0 Å². The summed E-state index contributed by atoms with van der Waals surface area (Å²) in [7, 11) is -3.70. The van der Waals surface area contributed by atoms with Gasteiger partial charge in [0, 0.05) is 18.4 Å². The van der Waals surface area contributed by atoms with Gasteiger partial charge in [-0.3, -0.25) is 4.79 Å². The normalized spacial score (nSPS) is 11.2. The number of amides is 1. The zero-order valence-corrected chi connectivity index (χ0v) is 17.2. The molecule has 0 heterocycles. The number of sulfonamides is 1. The fourth-order valence-corrected chi connectivity index (χ4v) is 3.96. The summed E-state index contributed by atoms with van der Waals surface area (Å²) in [6.45, 7) is 3.81. The van der Waals surface area contributed by atoms with Crippen molar-refractivity contribution in [2.24, 2.45) is 0 Å². The summed E-state index contributed by atoms with van der Waals surface area (Å²) < 4.78 is 33.0. The molecule has 0 saturated carbocycles. The minimum atomic E-state index is -3.70. The number of aryl methyl sites for hydroxylation is 1. The van der Waals surface area contributed by atoms with Gasteiger partial charge in [0.15, 0.2) is 0 Å². The molecule has 0 spiro atoms. The number of anilines is 1. The summed E-state index contributed by atoms with van der Waals surface area (Å²) in [5, 5.41) is 2.66. The molecule has 2 rings (SSSR count). The van der Waals surface area contributed by atoms with Gasteiger partial charge in [0.1, 0.15) is 12.4 Å². The van der Waals surface area contributed by atoms with Crippen molar-refractivity contribution >= 4 is 33.4 Å². The van der Waals surface area contributed by atoms with Crippen molar-refractivity contribution in [3.05, 3.63) is 48.0 Å². The average molecular weight is 409 g/mol. The third-order valence-corrected chi connectivity index (χ3v) is 6.04. The van der Waals surface area contributed by atoms with Crippen molar-refractivity contribution in [2.75, 3.05) is 24.7 Å². The van der Waals surface area contributed by atoms with E-state index in [1.165, 1.54) is 36.4 Å². The first-order valence-electron chi connectivity index (χ1n) is 8.52. The lowest BCUT2D eigenvalue weighted by Gasteiger charge is -2.12. The Morgan fingerprint density at radius 2 is 1.85 bits per heavy atom. The topological polar surface area (TPSA) is 84.5 Å². The lowest BCUT2D eigenvalue weighted by molar-refractivity contribution is -0.114. The Morgan fingerprint density at radius 1 is 1.15 bits per heavy atom. The molecule has 1 amide bonds. The van der Waals surface area contributed by atoms with E-state index in [9.17, 15) is 13.2 Å². The molecule has 0 unspecified atom stereocenters. The molecule has 2 N–H and O–H groups in total. The smallest absolute Gasteiger partial charge is 0.240 e. The Labute approximate surface area is 164 Å². The van der Waals surface area contributed by atoms with Gasteiger partial charge in [0.05, 0.1) is 10.6 Å². The van der Waals surface area contributed by atoms with E-state index >= 15 is 0 Å². The number of carbonyl (C=O) groups is 1. The minimum absolute atomic E-state index is 0.0938. The van der Waals surface area contributed by atoms with E-state index in [4.69, 9.17) is 4.74 Å². The van der Waals surface area contributed by atoms with E-state index in [1.807, 2.05) is 30.5 Å². The number of thioether (sulfide) groups is 1. The van der Waals surface area contributed by atoms with Gasteiger partial charge in [-0.05, 0) is 48.6 Å². The van der Waals surface area contributed by atoms with Crippen LogP contribution in [0.5, 0.6) is 5.75 Å². The molecule has 0 atom stereocenters. The summed E-state index contributed by atoms with van der Waals surface area (Å²) in [6.07, 6.45) is 2.81. The second-order valence-corrected chi connectivity index (χ2v) is 8.40. The second kappa shape index (κ2) is 9.77. The molecule has 0 aliphatic carbocycles. The van der Waals surface area contributed by atoms with E-state index in [0.29, 0.717) is 11.4 Å². The summed E-state index contributed by atoms with van der Waals surface area (Å²) in [6, 6.07) is 12.4. The predicted molar refractivity (Wildman–Crippen MR) is 109 cm³/mol. The van der Waals surface area contributed by atoms with E-state index in [0.717, 1.165) is 11.3 Å². The zero-order chi connectivity index (χ0) is 19.9. The molecule has 2 aromatic rings. The van der Waals surface area contributed by atoms with Gasteiger partial charge in [-0.1, -0.05) is 19.1 Å². The van der Waals surface area contributed by atoms with Crippen molar-refractivity contribution in [3.63, 3.8) is 0 Å². The maximum atomic E-state index is 12.5. The van der Waals surface area contributed by atoms with Gasteiger partial charge in [-0.2, -0.15) is 0 Å². The van der Waals surface area contributed by atoms with Crippen LogP contribution in [0.25, 0.3) is 0 Å². The maximum absolute atomic E-state index is 12.5. The molecule has 0 aromatic heterocycles. The SMILES string of the molecule is CCc1ccc(OCCNS(=O)(=O)c2ccc(SC)c(NC(C)=O)c2)cc1. The van der Waals surface area contributed by atoms with Crippen LogP contribution in [0.3, 0.4) is 0 Å². The third-order valence-electron chi connectivity index (χ3n) is 3.79. The Balaban J connectivity index is 1.98. The lowest BCUT2D eigenvalue weighted by Crippen LogP contribution is -2.28. The zero-order valence-electron chi connectivity index (χ0n) is 15.6. The molecule has 146 valence electrons. The molecule has 27 heavy (non-hydrogen) atoms. The van der Waals surface area contributed by atoms with Crippen LogP contribution in [0, 0.1) is 0 Å². The predicted octanol–water partition coefficient (Wildman–Crippen LogP) is 3.29. The van der Waals surface area contributed by atoms with Crippen LogP contribution in [0.15, 0.2) is 52.3 Å². The molecule has 0 fully saturated rings. The van der Waals surface area contributed by atoms with Crippen molar-refractivity contribution < 1.29 is 17.9 Å². The van der Waals surface area contributed by atoms with Crippen LogP contribution in [0.1, 0.15) is 19.4 Å². The van der Waals surface area contributed by atoms with Gasteiger partial charge < -0.3 is 10.1 Å². The number of benzene rings is 2. The van der Waals surface area contributed by atoms with Crippen LogP contribution >= 0.6 is 11.8 Å². The monoisotopic (exact) mass is 408 g/mol. The van der Waals surface area contributed by atoms with E-state index in [2.05, 4.69) is 17.0 Å². The van der Waals surface area contributed by atoms with Crippen LogP contribution in [-0.2, 0) is 21.2 Å². The fourth-order valence-electron chi connectivity index (χ4n) is 2.39. The minimum Gasteiger partial charge on any atom is -0.492 e. The molecule has 0 aliphatic rings. The maximum Gasteiger partial charge on any atom is 0.240 e. The van der Waals surface area contributed by atoms with Gasteiger partial charge in [0.25, 0.3) is 0 Å². The van der Waals surface area contributed by atoms with Crippen LogP contribution < -0.4 is 14.8 Å². The van der Waals surface area contributed by atoms with Crippen LogP contribution in [-0.4, -0.2) is 33.7 Å². The number of carbonyl (C=O) groups excluding carboxylic acids is 1. The van der Waals surface area contributed by atoms with Gasteiger partial charge in [0.2, 0.25) is 15.9 Å². The molecule has 2 aromatic carbocycles. The lowest BCUT2D eigenvalue weighted by atomic mass is 10.2.